The van der Waals surface area contributed by atoms with E-state index in [9.17, 15) is 18.0 Å². The van der Waals surface area contributed by atoms with E-state index in [1.807, 2.05) is 0 Å². The standard InChI is InChI=1S/C26H27ClN4O7S/c1-36-22-11-12-24(37-2)23(14-22)31(39(3,34)35)16-25(32)30-28-15-18-7-9-21(10-8-18)38-17-26(33)29-20-6-4-5-19(27)13-20/h4-15H,16-17H2,1-3H3,(H,29,33)(H,30,32)/b28-15-. The topological polar surface area (TPSA) is 136 Å². The molecular formula is C26H27ClN4O7S. The lowest BCUT2D eigenvalue weighted by atomic mass is 10.2. The Bertz CT molecular complexity index is 1450. The Kier molecular flexibility index (Phi) is 10.1. The molecular weight excluding hydrogens is 548 g/mol. The largest absolute Gasteiger partial charge is 0.497 e. The molecule has 0 bridgehead atoms. The average molecular weight is 575 g/mol. The molecule has 0 atom stereocenters. The van der Waals surface area contributed by atoms with E-state index >= 15 is 0 Å². The second-order valence-corrected chi connectivity index (χ2v) is 10.4. The van der Waals surface area contributed by atoms with E-state index in [-0.39, 0.29) is 24.0 Å². The zero-order valence-corrected chi connectivity index (χ0v) is 23.0. The van der Waals surface area contributed by atoms with Crippen molar-refractivity contribution in [3.05, 3.63) is 77.3 Å². The minimum Gasteiger partial charge on any atom is -0.497 e. The third kappa shape index (κ3) is 8.90. The number of hydrogen-bond donors (Lipinski definition) is 2. The van der Waals surface area contributed by atoms with E-state index in [1.54, 1.807) is 60.7 Å². The van der Waals surface area contributed by atoms with E-state index in [1.165, 1.54) is 26.5 Å². The summed E-state index contributed by atoms with van der Waals surface area (Å²) in [5.41, 5.74) is 3.65. The van der Waals surface area contributed by atoms with Gasteiger partial charge in [-0.25, -0.2) is 13.8 Å². The van der Waals surface area contributed by atoms with E-state index in [0.717, 1.165) is 10.6 Å². The van der Waals surface area contributed by atoms with Crippen molar-refractivity contribution in [3.8, 4) is 17.2 Å². The maximum absolute atomic E-state index is 12.5. The highest BCUT2D eigenvalue weighted by molar-refractivity contribution is 7.92. The average Bonchev–Trinajstić information content (AvgIpc) is 2.90. The second-order valence-electron chi connectivity index (χ2n) is 8.02. The van der Waals surface area contributed by atoms with Crippen LogP contribution in [-0.2, 0) is 19.6 Å². The number of nitrogens with one attached hydrogen (secondary N) is 2. The first-order valence-electron chi connectivity index (χ1n) is 11.4. The van der Waals surface area contributed by atoms with Crippen LogP contribution in [0.1, 0.15) is 5.56 Å². The molecule has 3 rings (SSSR count). The number of benzene rings is 3. The van der Waals surface area contributed by atoms with Crippen LogP contribution in [0.4, 0.5) is 11.4 Å². The van der Waals surface area contributed by atoms with Gasteiger partial charge in [0.2, 0.25) is 10.0 Å². The van der Waals surface area contributed by atoms with Crippen LogP contribution in [0.25, 0.3) is 0 Å². The molecule has 3 aromatic carbocycles. The summed E-state index contributed by atoms with van der Waals surface area (Å²) < 4.78 is 41.7. The Hall–Kier alpha value is -4.29. The van der Waals surface area contributed by atoms with Gasteiger partial charge in [-0.3, -0.25) is 13.9 Å². The molecule has 206 valence electrons. The highest BCUT2D eigenvalue weighted by Crippen LogP contribution is 2.33. The van der Waals surface area contributed by atoms with Crippen molar-refractivity contribution >= 4 is 51.0 Å². The van der Waals surface area contributed by atoms with Gasteiger partial charge in [0, 0.05) is 16.8 Å². The summed E-state index contributed by atoms with van der Waals surface area (Å²) in [6.07, 6.45) is 2.36. The van der Waals surface area contributed by atoms with Crippen LogP contribution in [0.3, 0.4) is 0 Å². The fourth-order valence-electron chi connectivity index (χ4n) is 3.28. The first-order chi connectivity index (χ1) is 18.6. The lowest BCUT2D eigenvalue weighted by Gasteiger charge is -2.23. The predicted octanol–water partition coefficient (Wildman–Crippen LogP) is 3.29. The number of halogens is 1. The van der Waals surface area contributed by atoms with Crippen LogP contribution in [-0.4, -0.2) is 60.1 Å². The number of sulfonamides is 1. The molecule has 0 fully saturated rings. The van der Waals surface area contributed by atoms with Gasteiger partial charge in [-0.05, 0) is 60.2 Å². The molecule has 0 aliphatic heterocycles. The number of anilines is 2. The Labute approximate surface area is 231 Å². The number of rotatable bonds is 12. The molecule has 0 aliphatic rings. The van der Waals surface area contributed by atoms with Crippen molar-refractivity contribution < 1.29 is 32.2 Å². The zero-order valence-electron chi connectivity index (χ0n) is 21.4. The SMILES string of the molecule is COc1ccc(OC)c(N(CC(=O)N/N=C\c2ccc(OCC(=O)Nc3cccc(Cl)c3)cc2)S(C)(=O)=O)c1. The number of hydrazone groups is 1. The molecule has 0 saturated heterocycles. The molecule has 13 heteroatoms. The van der Waals surface area contributed by atoms with Gasteiger partial charge in [0.25, 0.3) is 11.8 Å². The van der Waals surface area contributed by atoms with Gasteiger partial charge < -0.3 is 19.5 Å². The van der Waals surface area contributed by atoms with E-state index in [4.69, 9.17) is 25.8 Å². The molecule has 0 spiro atoms. The fraction of sp³-hybridized carbons (Fsp3) is 0.192. The maximum atomic E-state index is 12.5. The summed E-state index contributed by atoms with van der Waals surface area (Å²) in [4.78, 5) is 24.6. The summed E-state index contributed by atoms with van der Waals surface area (Å²) in [6, 6.07) is 18.0. The molecule has 0 aliphatic carbocycles. The van der Waals surface area contributed by atoms with Crippen LogP contribution in [0, 0.1) is 0 Å². The van der Waals surface area contributed by atoms with Crippen LogP contribution >= 0.6 is 11.6 Å². The van der Waals surface area contributed by atoms with Gasteiger partial charge in [0.1, 0.15) is 23.8 Å². The third-order valence-electron chi connectivity index (χ3n) is 5.10. The fourth-order valence-corrected chi connectivity index (χ4v) is 4.32. The highest BCUT2D eigenvalue weighted by Gasteiger charge is 2.24. The number of nitrogens with zero attached hydrogens (tertiary/aromatic N) is 2. The van der Waals surface area contributed by atoms with Gasteiger partial charge in [-0.15, -0.1) is 0 Å². The molecule has 0 aromatic heterocycles. The van der Waals surface area contributed by atoms with E-state index in [0.29, 0.717) is 27.8 Å². The molecule has 39 heavy (non-hydrogen) atoms. The van der Waals surface area contributed by atoms with Crippen molar-refractivity contribution in [3.63, 3.8) is 0 Å². The minimum atomic E-state index is -3.85. The zero-order chi connectivity index (χ0) is 28.4. The number of carbonyl (C=O) groups excluding carboxylic acids is 2. The predicted molar refractivity (Wildman–Crippen MR) is 149 cm³/mol. The normalized spacial score (nSPS) is 11.1. The molecule has 3 aromatic rings. The highest BCUT2D eigenvalue weighted by atomic mass is 35.5. The Morgan fingerprint density at radius 2 is 1.69 bits per heavy atom. The van der Waals surface area contributed by atoms with Gasteiger partial charge in [0.05, 0.1) is 32.4 Å². The van der Waals surface area contributed by atoms with Gasteiger partial charge in [0.15, 0.2) is 6.61 Å². The number of carbonyl (C=O) groups is 2. The van der Waals surface area contributed by atoms with Gasteiger partial charge in [-0.2, -0.15) is 5.10 Å². The van der Waals surface area contributed by atoms with Crippen molar-refractivity contribution in [1.29, 1.82) is 0 Å². The van der Waals surface area contributed by atoms with Crippen molar-refractivity contribution in [2.24, 2.45) is 5.10 Å². The Morgan fingerprint density at radius 1 is 0.974 bits per heavy atom. The van der Waals surface area contributed by atoms with Gasteiger partial charge in [-0.1, -0.05) is 17.7 Å². The lowest BCUT2D eigenvalue weighted by Crippen LogP contribution is -2.39. The summed E-state index contributed by atoms with van der Waals surface area (Å²) in [7, 11) is -1.02. The van der Waals surface area contributed by atoms with Crippen molar-refractivity contribution in [2.45, 2.75) is 0 Å². The first-order valence-corrected chi connectivity index (χ1v) is 13.6. The summed E-state index contributed by atoms with van der Waals surface area (Å²) in [6.45, 7) is -0.741. The van der Waals surface area contributed by atoms with Crippen LogP contribution in [0.2, 0.25) is 5.02 Å². The molecule has 2 N–H and O–H groups in total. The summed E-state index contributed by atoms with van der Waals surface area (Å²) >= 11 is 5.90. The minimum absolute atomic E-state index is 0.148. The van der Waals surface area contributed by atoms with Crippen LogP contribution in [0.5, 0.6) is 17.2 Å². The van der Waals surface area contributed by atoms with Gasteiger partial charge >= 0.3 is 0 Å². The summed E-state index contributed by atoms with van der Waals surface area (Å²) in [5, 5.41) is 7.08. The van der Waals surface area contributed by atoms with E-state index < -0.39 is 22.5 Å². The monoisotopic (exact) mass is 574 g/mol. The van der Waals surface area contributed by atoms with E-state index in [2.05, 4.69) is 15.8 Å². The number of methoxy groups -OCH3 is 2. The molecule has 2 amide bonds. The Balaban J connectivity index is 1.55. The lowest BCUT2D eigenvalue weighted by molar-refractivity contribution is -0.119. The third-order valence-corrected chi connectivity index (χ3v) is 6.47. The first kappa shape index (κ1) is 29.3. The molecule has 0 unspecified atom stereocenters. The second kappa shape index (κ2) is 13.5. The number of ether oxygens (including phenoxy) is 3. The molecule has 0 radical (unpaired) electrons. The molecule has 0 saturated carbocycles. The number of hydrogen-bond acceptors (Lipinski definition) is 8. The van der Waals surface area contributed by atoms with Crippen LogP contribution in [0.15, 0.2) is 71.8 Å². The molecule has 11 nitrogen and oxygen atoms in total. The molecule has 0 heterocycles. The quantitative estimate of drug-likeness (QED) is 0.250. The van der Waals surface area contributed by atoms with Crippen molar-refractivity contribution in [1.82, 2.24) is 5.43 Å². The van der Waals surface area contributed by atoms with Crippen molar-refractivity contribution in [2.75, 3.05) is 43.2 Å². The van der Waals surface area contributed by atoms with Crippen LogP contribution < -0.4 is 29.3 Å². The summed E-state index contributed by atoms with van der Waals surface area (Å²) in [5.74, 6) is 0.0785. The smallest absolute Gasteiger partial charge is 0.262 e. The maximum Gasteiger partial charge on any atom is 0.262 e. The number of amides is 2. The Morgan fingerprint density at radius 3 is 2.33 bits per heavy atom.